The molecule has 0 N–H and O–H groups in total. The Morgan fingerprint density at radius 3 is 2.32 bits per heavy atom. The third kappa shape index (κ3) is 1.72. The van der Waals surface area contributed by atoms with E-state index in [-0.39, 0.29) is 17.5 Å². The van der Waals surface area contributed by atoms with Crippen LogP contribution in [0.4, 0.5) is 0 Å². The van der Waals surface area contributed by atoms with E-state index < -0.39 is 0 Å². The maximum Gasteiger partial charge on any atom is 0.194 e. The number of hydrogen-bond donors (Lipinski definition) is 0. The predicted octanol–water partition coefficient (Wildman–Crippen LogP) is 3.51. The highest BCUT2D eigenvalue weighted by Gasteiger charge is 2.32. The van der Waals surface area contributed by atoms with Crippen molar-refractivity contribution < 1.29 is 9.59 Å². The molecule has 0 heterocycles. The first kappa shape index (κ1) is 11.8. The van der Waals surface area contributed by atoms with Crippen molar-refractivity contribution in [2.45, 2.75) is 13.8 Å². The molecule has 1 unspecified atom stereocenters. The van der Waals surface area contributed by atoms with Crippen LogP contribution in [0.1, 0.15) is 34.6 Å². The zero-order valence-corrected chi connectivity index (χ0v) is 10.9. The Bertz CT molecular complexity index is 687. The van der Waals surface area contributed by atoms with Crippen LogP contribution in [0.3, 0.4) is 0 Å². The van der Waals surface area contributed by atoms with Crippen molar-refractivity contribution in [3.8, 4) is 0 Å². The van der Waals surface area contributed by atoms with Crippen molar-refractivity contribution in [3.63, 3.8) is 0 Å². The molecule has 0 aliphatic heterocycles. The topological polar surface area (TPSA) is 34.1 Å². The molecule has 0 fully saturated rings. The van der Waals surface area contributed by atoms with Gasteiger partial charge >= 0.3 is 0 Å². The molecule has 0 bridgehead atoms. The number of benzene rings is 1. The molecule has 1 aromatic rings. The summed E-state index contributed by atoms with van der Waals surface area (Å²) in [5.41, 5.74) is 3.01. The quantitative estimate of drug-likeness (QED) is 0.706. The number of carbonyl (C=O) groups is 2. The number of allylic oxidation sites excluding steroid dienone is 6. The van der Waals surface area contributed by atoms with E-state index in [2.05, 4.69) is 0 Å². The molecule has 3 rings (SSSR count). The van der Waals surface area contributed by atoms with Crippen molar-refractivity contribution in [2.75, 3.05) is 0 Å². The minimum absolute atomic E-state index is 0.0438. The van der Waals surface area contributed by atoms with Gasteiger partial charge in [0, 0.05) is 22.3 Å². The number of carbonyl (C=O) groups excluding carboxylic acids is 2. The zero-order valence-electron chi connectivity index (χ0n) is 10.9. The highest BCUT2D eigenvalue weighted by molar-refractivity contribution is 6.29. The van der Waals surface area contributed by atoms with Crippen molar-refractivity contribution in [1.29, 1.82) is 0 Å². The summed E-state index contributed by atoms with van der Waals surface area (Å²) in [7, 11) is 0. The number of hydrogen-bond acceptors (Lipinski definition) is 2. The highest BCUT2D eigenvalue weighted by atomic mass is 16.1. The molecule has 0 aromatic heterocycles. The number of fused-ring (bicyclic) bond motifs is 1. The molecular weight excluding hydrogens is 236 g/mol. The van der Waals surface area contributed by atoms with Crippen LogP contribution in [-0.2, 0) is 0 Å². The molecule has 2 nitrogen and oxygen atoms in total. The maximum absolute atomic E-state index is 12.6. The average Bonchev–Trinajstić information content (AvgIpc) is 2.55. The molecule has 0 radical (unpaired) electrons. The summed E-state index contributed by atoms with van der Waals surface area (Å²) >= 11 is 0. The first-order valence-corrected chi connectivity index (χ1v) is 6.39. The molecule has 2 heteroatoms. The molecule has 2 aliphatic carbocycles. The van der Waals surface area contributed by atoms with E-state index in [1.165, 1.54) is 0 Å². The van der Waals surface area contributed by atoms with E-state index in [4.69, 9.17) is 0 Å². The fraction of sp³-hybridized carbons (Fsp3) is 0.176. The molecule has 0 saturated carbocycles. The van der Waals surface area contributed by atoms with Gasteiger partial charge in [0.05, 0.1) is 0 Å². The van der Waals surface area contributed by atoms with Gasteiger partial charge in [-0.2, -0.15) is 0 Å². The summed E-state index contributed by atoms with van der Waals surface area (Å²) in [6.45, 7) is 3.94. The van der Waals surface area contributed by atoms with Crippen molar-refractivity contribution in [3.05, 3.63) is 70.3 Å². The van der Waals surface area contributed by atoms with E-state index in [1.54, 1.807) is 30.3 Å². The molecule has 1 aromatic carbocycles. The SMILES string of the molecule is CC1=CC(C)C=CC2=C1C(=O)c1ccccc1C2=O. The van der Waals surface area contributed by atoms with E-state index >= 15 is 0 Å². The van der Waals surface area contributed by atoms with E-state index in [1.807, 2.05) is 26.0 Å². The number of rotatable bonds is 0. The fourth-order valence-corrected chi connectivity index (χ4v) is 2.73. The summed E-state index contributed by atoms with van der Waals surface area (Å²) < 4.78 is 0. The average molecular weight is 250 g/mol. The molecule has 2 aliphatic rings. The third-order valence-corrected chi connectivity index (χ3v) is 3.63. The van der Waals surface area contributed by atoms with Gasteiger partial charge in [0.2, 0.25) is 0 Å². The van der Waals surface area contributed by atoms with Crippen LogP contribution in [0.25, 0.3) is 0 Å². The van der Waals surface area contributed by atoms with Gasteiger partial charge in [-0.15, -0.1) is 0 Å². The van der Waals surface area contributed by atoms with Crippen molar-refractivity contribution in [1.82, 2.24) is 0 Å². The van der Waals surface area contributed by atoms with Crippen molar-refractivity contribution in [2.24, 2.45) is 5.92 Å². The van der Waals surface area contributed by atoms with Crippen molar-refractivity contribution >= 4 is 11.6 Å². The number of Topliss-reactive ketones (excluding diaryl/α,β-unsaturated/α-hetero) is 2. The number of ketones is 2. The van der Waals surface area contributed by atoms with Gasteiger partial charge in [-0.05, 0) is 18.4 Å². The molecule has 94 valence electrons. The van der Waals surface area contributed by atoms with Crippen LogP contribution in [0.2, 0.25) is 0 Å². The van der Waals surface area contributed by atoms with Gasteiger partial charge in [-0.1, -0.05) is 49.4 Å². The molecule has 0 spiro atoms. The molecular formula is C17H14O2. The van der Waals surface area contributed by atoms with Crippen LogP contribution in [-0.4, -0.2) is 11.6 Å². The van der Waals surface area contributed by atoms with Gasteiger partial charge in [0.25, 0.3) is 0 Å². The molecule has 0 amide bonds. The maximum atomic E-state index is 12.6. The van der Waals surface area contributed by atoms with Gasteiger partial charge in [0.1, 0.15) is 0 Å². The Hall–Kier alpha value is -2.22. The van der Waals surface area contributed by atoms with E-state index in [0.717, 1.165) is 5.57 Å². The van der Waals surface area contributed by atoms with E-state index in [0.29, 0.717) is 22.3 Å². The first-order chi connectivity index (χ1) is 9.09. The zero-order chi connectivity index (χ0) is 13.6. The van der Waals surface area contributed by atoms with E-state index in [9.17, 15) is 9.59 Å². The predicted molar refractivity (Wildman–Crippen MR) is 74.2 cm³/mol. The minimum atomic E-state index is -0.0525. The molecule has 19 heavy (non-hydrogen) atoms. The molecule has 0 saturated heterocycles. The summed E-state index contributed by atoms with van der Waals surface area (Å²) in [4.78, 5) is 25.1. The lowest BCUT2D eigenvalue weighted by Crippen LogP contribution is -2.21. The van der Waals surface area contributed by atoms with Gasteiger partial charge in [-0.25, -0.2) is 0 Å². The van der Waals surface area contributed by atoms with Crippen LogP contribution < -0.4 is 0 Å². The van der Waals surface area contributed by atoms with Crippen LogP contribution in [0.15, 0.2) is 59.2 Å². The fourth-order valence-electron chi connectivity index (χ4n) is 2.73. The van der Waals surface area contributed by atoms with Crippen LogP contribution >= 0.6 is 0 Å². The Labute approximate surface area is 112 Å². The largest absolute Gasteiger partial charge is 0.289 e. The highest BCUT2D eigenvalue weighted by Crippen LogP contribution is 2.33. The Kier molecular flexibility index (Phi) is 2.59. The Morgan fingerprint density at radius 1 is 1.00 bits per heavy atom. The third-order valence-electron chi connectivity index (χ3n) is 3.63. The second-order valence-electron chi connectivity index (χ2n) is 5.06. The summed E-state index contributed by atoms with van der Waals surface area (Å²) in [6, 6.07) is 7.04. The van der Waals surface area contributed by atoms with Gasteiger partial charge in [-0.3, -0.25) is 9.59 Å². The summed E-state index contributed by atoms with van der Waals surface area (Å²) in [5, 5.41) is 0. The van der Waals surface area contributed by atoms with Crippen LogP contribution in [0, 0.1) is 5.92 Å². The standard InChI is InChI=1S/C17H14O2/c1-10-7-8-14-15(11(2)9-10)17(19)13-6-4-3-5-12(13)16(14)18/h3-10H,1-2H3. The lowest BCUT2D eigenvalue weighted by Gasteiger charge is -2.19. The Balaban J connectivity index is 2.28. The lowest BCUT2D eigenvalue weighted by molar-refractivity contribution is 0.0979. The smallest absolute Gasteiger partial charge is 0.194 e. The minimum Gasteiger partial charge on any atom is -0.289 e. The first-order valence-electron chi connectivity index (χ1n) is 6.39. The second-order valence-corrected chi connectivity index (χ2v) is 5.06. The lowest BCUT2D eigenvalue weighted by atomic mass is 9.81. The second kappa shape index (κ2) is 4.16. The molecule has 1 atom stereocenters. The Morgan fingerprint density at radius 2 is 1.63 bits per heavy atom. The summed E-state index contributed by atoms with van der Waals surface area (Å²) in [5.74, 6) is 0.135. The van der Waals surface area contributed by atoms with Gasteiger partial charge < -0.3 is 0 Å². The summed E-state index contributed by atoms with van der Waals surface area (Å²) in [6.07, 6.45) is 5.78. The van der Waals surface area contributed by atoms with Gasteiger partial charge in [0.15, 0.2) is 11.6 Å². The normalized spacial score (nSPS) is 21.8. The van der Waals surface area contributed by atoms with Crippen LogP contribution in [0.5, 0.6) is 0 Å². The monoisotopic (exact) mass is 250 g/mol.